The third-order valence-electron chi connectivity index (χ3n) is 3.88. The monoisotopic (exact) mass is 449 g/mol. The molecule has 0 heterocycles. The number of carbonyl (C=O) groups is 3. The molecule has 2 rings (SSSR count). The van der Waals surface area contributed by atoms with E-state index in [4.69, 9.17) is 16.3 Å². The van der Waals surface area contributed by atoms with Gasteiger partial charge in [-0.05, 0) is 50.6 Å². The van der Waals surface area contributed by atoms with Gasteiger partial charge in [0, 0.05) is 25.2 Å². The summed E-state index contributed by atoms with van der Waals surface area (Å²) in [5.74, 6) is -1.64. The number of alkyl carbamates (subject to hydrolysis) is 1. The Morgan fingerprint density at radius 2 is 1.77 bits per heavy atom. The van der Waals surface area contributed by atoms with Gasteiger partial charge in [-0.15, -0.1) is 0 Å². The predicted molar refractivity (Wildman–Crippen MR) is 117 cm³/mol. The van der Waals surface area contributed by atoms with Crippen molar-refractivity contribution in [2.45, 2.75) is 39.3 Å². The van der Waals surface area contributed by atoms with Crippen molar-refractivity contribution in [3.8, 4) is 0 Å². The fourth-order valence-corrected chi connectivity index (χ4v) is 2.80. The number of rotatable bonds is 7. The minimum Gasteiger partial charge on any atom is -0.444 e. The average Bonchev–Trinajstić information content (AvgIpc) is 2.65. The molecule has 31 heavy (non-hydrogen) atoms. The van der Waals surface area contributed by atoms with Gasteiger partial charge in [0.15, 0.2) is 0 Å². The van der Waals surface area contributed by atoms with Gasteiger partial charge in [-0.25, -0.2) is 9.18 Å². The van der Waals surface area contributed by atoms with Crippen LogP contribution in [-0.4, -0.2) is 30.1 Å². The molecule has 0 aromatic heterocycles. The Hall–Kier alpha value is -3.13. The van der Waals surface area contributed by atoms with Crippen molar-refractivity contribution in [2.75, 3.05) is 11.9 Å². The maximum Gasteiger partial charge on any atom is 0.407 e. The van der Waals surface area contributed by atoms with Gasteiger partial charge in [-0.2, -0.15) is 0 Å². The molecule has 166 valence electrons. The van der Waals surface area contributed by atoms with Crippen LogP contribution in [0.1, 0.15) is 43.1 Å². The van der Waals surface area contributed by atoms with Gasteiger partial charge in [-0.1, -0.05) is 29.8 Å². The molecule has 7 nitrogen and oxygen atoms in total. The molecule has 3 N–H and O–H groups in total. The van der Waals surface area contributed by atoms with Gasteiger partial charge in [-0.3, -0.25) is 9.59 Å². The van der Waals surface area contributed by atoms with E-state index in [9.17, 15) is 18.8 Å². The van der Waals surface area contributed by atoms with Gasteiger partial charge in [0.25, 0.3) is 5.91 Å². The number of carbonyl (C=O) groups excluding carboxylic acids is 3. The molecule has 3 amide bonds. The van der Waals surface area contributed by atoms with Gasteiger partial charge in [0.2, 0.25) is 5.91 Å². The molecule has 0 atom stereocenters. The van der Waals surface area contributed by atoms with Crippen LogP contribution in [0.25, 0.3) is 0 Å². The van der Waals surface area contributed by atoms with Crippen molar-refractivity contribution in [2.24, 2.45) is 0 Å². The molecule has 0 spiro atoms. The first-order valence-electron chi connectivity index (χ1n) is 9.63. The minimum atomic E-state index is -0.714. The van der Waals surface area contributed by atoms with Crippen molar-refractivity contribution in [3.05, 3.63) is 64.4 Å². The van der Waals surface area contributed by atoms with Crippen LogP contribution in [-0.2, 0) is 16.1 Å². The highest BCUT2D eigenvalue weighted by atomic mass is 35.5. The summed E-state index contributed by atoms with van der Waals surface area (Å²) >= 11 is 5.92. The van der Waals surface area contributed by atoms with E-state index in [0.717, 1.165) is 11.6 Å². The molecule has 0 aliphatic rings. The lowest BCUT2D eigenvalue weighted by atomic mass is 10.1. The minimum absolute atomic E-state index is 0.0147. The molecule has 9 heteroatoms. The zero-order valence-corrected chi connectivity index (χ0v) is 18.3. The molecule has 0 bridgehead atoms. The molecule has 0 radical (unpaired) electrons. The van der Waals surface area contributed by atoms with Crippen molar-refractivity contribution in [3.63, 3.8) is 0 Å². The second-order valence-electron chi connectivity index (χ2n) is 7.71. The summed E-state index contributed by atoms with van der Waals surface area (Å²) < 4.78 is 19.0. The summed E-state index contributed by atoms with van der Waals surface area (Å²) in [4.78, 5) is 35.9. The van der Waals surface area contributed by atoms with Crippen LogP contribution in [0, 0.1) is 5.82 Å². The fraction of sp³-hybridized carbons (Fsp3) is 0.318. The zero-order chi connectivity index (χ0) is 23.0. The lowest BCUT2D eigenvalue weighted by Gasteiger charge is -2.19. The maximum atomic E-state index is 13.9. The lowest BCUT2D eigenvalue weighted by molar-refractivity contribution is -0.121. The van der Waals surface area contributed by atoms with Gasteiger partial charge in [0.1, 0.15) is 11.4 Å². The Labute approximate surface area is 185 Å². The SMILES string of the molecule is CC(C)(C)OC(=O)NCCC(=O)NCc1cccc(NC(=O)c2c(F)cccc2Cl)c1. The van der Waals surface area contributed by atoms with Crippen molar-refractivity contribution < 1.29 is 23.5 Å². The van der Waals surface area contributed by atoms with Crippen LogP contribution in [0.5, 0.6) is 0 Å². The third-order valence-corrected chi connectivity index (χ3v) is 4.20. The fourth-order valence-electron chi connectivity index (χ4n) is 2.55. The van der Waals surface area contributed by atoms with Crippen LogP contribution >= 0.6 is 11.6 Å². The van der Waals surface area contributed by atoms with Crippen molar-refractivity contribution >= 4 is 35.2 Å². The predicted octanol–water partition coefficient (Wildman–Crippen LogP) is 4.26. The number of hydrogen-bond donors (Lipinski definition) is 3. The highest BCUT2D eigenvalue weighted by Crippen LogP contribution is 2.21. The van der Waals surface area contributed by atoms with Gasteiger partial charge < -0.3 is 20.7 Å². The van der Waals surface area contributed by atoms with Crippen LogP contribution in [0.15, 0.2) is 42.5 Å². The summed E-state index contributed by atoms with van der Waals surface area (Å²) in [5.41, 5.74) is 0.318. The number of halogens is 2. The lowest BCUT2D eigenvalue weighted by Crippen LogP contribution is -2.35. The molecule has 0 unspecified atom stereocenters. The van der Waals surface area contributed by atoms with E-state index in [0.29, 0.717) is 5.69 Å². The Morgan fingerprint density at radius 1 is 1.06 bits per heavy atom. The van der Waals surface area contributed by atoms with E-state index in [1.54, 1.807) is 45.0 Å². The van der Waals surface area contributed by atoms with E-state index < -0.39 is 23.4 Å². The Morgan fingerprint density at radius 3 is 2.45 bits per heavy atom. The molecule has 0 saturated heterocycles. The summed E-state index contributed by atoms with van der Waals surface area (Å²) in [6, 6.07) is 10.8. The number of hydrogen-bond acceptors (Lipinski definition) is 4. The van der Waals surface area contributed by atoms with E-state index in [-0.39, 0.29) is 36.0 Å². The Bertz CT molecular complexity index is 940. The van der Waals surface area contributed by atoms with Crippen LogP contribution in [0.3, 0.4) is 0 Å². The smallest absolute Gasteiger partial charge is 0.407 e. The molecule has 0 aliphatic carbocycles. The van der Waals surface area contributed by atoms with E-state index in [1.807, 2.05) is 0 Å². The summed E-state index contributed by atoms with van der Waals surface area (Å²) in [6.07, 6.45) is -0.500. The average molecular weight is 450 g/mol. The van der Waals surface area contributed by atoms with Crippen LogP contribution in [0.4, 0.5) is 14.9 Å². The summed E-state index contributed by atoms with van der Waals surface area (Å²) in [5, 5.41) is 7.85. The highest BCUT2D eigenvalue weighted by Gasteiger charge is 2.17. The molecule has 2 aromatic carbocycles. The second kappa shape index (κ2) is 10.8. The van der Waals surface area contributed by atoms with Crippen LogP contribution < -0.4 is 16.0 Å². The highest BCUT2D eigenvalue weighted by molar-refractivity contribution is 6.34. The van der Waals surface area contributed by atoms with E-state index in [1.165, 1.54) is 12.1 Å². The second-order valence-corrected chi connectivity index (χ2v) is 8.11. The zero-order valence-electron chi connectivity index (χ0n) is 17.6. The number of anilines is 1. The van der Waals surface area contributed by atoms with Gasteiger partial charge >= 0.3 is 6.09 Å². The normalized spacial score (nSPS) is 10.9. The third kappa shape index (κ3) is 8.25. The van der Waals surface area contributed by atoms with Crippen molar-refractivity contribution in [1.82, 2.24) is 10.6 Å². The first-order chi connectivity index (χ1) is 14.5. The number of nitrogens with one attached hydrogen (secondary N) is 3. The largest absolute Gasteiger partial charge is 0.444 e. The van der Waals surface area contributed by atoms with E-state index >= 15 is 0 Å². The van der Waals surface area contributed by atoms with Crippen LogP contribution in [0.2, 0.25) is 5.02 Å². The Balaban J connectivity index is 1.84. The standard InChI is InChI=1S/C22H25ClFN3O4/c1-22(2,3)31-21(30)25-11-10-18(28)26-13-14-6-4-7-15(12-14)27-20(29)19-16(23)8-5-9-17(19)24/h4-9,12H,10-11,13H2,1-3H3,(H,25,30)(H,26,28)(H,27,29). The number of ether oxygens (including phenoxy) is 1. The first-order valence-corrected chi connectivity index (χ1v) is 10.0. The Kier molecular flexibility index (Phi) is 8.38. The molecule has 0 fully saturated rings. The van der Waals surface area contributed by atoms with Gasteiger partial charge in [0.05, 0.1) is 10.6 Å². The maximum absolute atomic E-state index is 13.9. The van der Waals surface area contributed by atoms with E-state index in [2.05, 4.69) is 16.0 Å². The summed E-state index contributed by atoms with van der Waals surface area (Å²) in [7, 11) is 0. The number of amides is 3. The number of benzene rings is 2. The quantitative estimate of drug-likeness (QED) is 0.588. The molecule has 2 aromatic rings. The first kappa shape index (κ1) is 24.1. The molecular formula is C22H25ClFN3O4. The summed E-state index contributed by atoms with van der Waals surface area (Å²) in [6.45, 7) is 5.61. The topological polar surface area (TPSA) is 96.5 Å². The molecule has 0 aliphatic heterocycles. The molecular weight excluding hydrogens is 425 g/mol. The molecule has 0 saturated carbocycles. The van der Waals surface area contributed by atoms with Crippen molar-refractivity contribution in [1.29, 1.82) is 0 Å².